The Labute approximate surface area is 195 Å². The Morgan fingerprint density at radius 1 is 1.18 bits per heavy atom. The molecule has 0 unspecified atom stereocenters. The zero-order valence-corrected chi connectivity index (χ0v) is 18.9. The van der Waals surface area contributed by atoms with E-state index in [1.54, 1.807) is 6.92 Å². The molecule has 0 aliphatic heterocycles. The first-order chi connectivity index (χ1) is 15.9. The van der Waals surface area contributed by atoms with Gasteiger partial charge in [-0.05, 0) is 37.2 Å². The van der Waals surface area contributed by atoms with Crippen LogP contribution in [-0.2, 0) is 21.6 Å². The molecule has 1 saturated carbocycles. The van der Waals surface area contributed by atoms with Crippen molar-refractivity contribution in [1.82, 2.24) is 15.1 Å². The van der Waals surface area contributed by atoms with Crippen molar-refractivity contribution < 1.29 is 24.0 Å². The molecule has 1 amide bonds. The van der Waals surface area contributed by atoms with Gasteiger partial charge in [-0.3, -0.25) is 10.1 Å². The third-order valence-corrected chi connectivity index (χ3v) is 7.28. The first-order valence-electron chi connectivity index (χ1n) is 9.92. The Kier molecular flexibility index (Phi) is 5.32. The molecule has 4 aromatic rings. The standard InChI is InChI=1S/C22H16N4O5S2/c1-12-16(24-21(29)30-11-13-5-3-2-4-6-13)14(31-26-12)7-8-15-23-17-18(32-15)25-19(33-17)22(9-10-22)20(27)28/h2-6H,9-11H2,1H3,(H,24,29)(H,27,28). The van der Waals surface area contributed by atoms with E-state index in [1.165, 1.54) is 22.7 Å². The first kappa shape index (κ1) is 21.1. The van der Waals surface area contributed by atoms with E-state index < -0.39 is 17.5 Å². The summed E-state index contributed by atoms with van der Waals surface area (Å²) in [6.45, 7) is 1.81. The summed E-state index contributed by atoms with van der Waals surface area (Å²) in [5.74, 6) is 5.08. The second-order valence-corrected chi connectivity index (χ2v) is 9.40. The number of nitrogens with zero attached hydrogens (tertiary/aromatic N) is 3. The second-order valence-electron chi connectivity index (χ2n) is 7.44. The maximum absolute atomic E-state index is 12.2. The van der Waals surface area contributed by atoms with E-state index in [-0.39, 0.29) is 12.4 Å². The molecule has 0 spiro atoms. The van der Waals surface area contributed by atoms with Crippen LogP contribution in [0.3, 0.4) is 0 Å². The van der Waals surface area contributed by atoms with Gasteiger partial charge >= 0.3 is 12.1 Å². The summed E-state index contributed by atoms with van der Waals surface area (Å²) >= 11 is 2.56. The largest absolute Gasteiger partial charge is 0.481 e. The highest BCUT2D eigenvalue weighted by atomic mass is 32.1. The summed E-state index contributed by atoms with van der Waals surface area (Å²) in [5.41, 5.74) is 0.817. The number of thiazole rings is 2. The number of aromatic nitrogens is 3. The average Bonchev–Trinajstić information content (AvgIpc) is 3.24. The maximum Gasteiger partial charge on any atom is 0.412 e. The number of aryl methyl sites for hydroxylation is 1. The van der Waals surface area contributed by atoms with Crippen LogP contribution in [0.2, 0.25) is 0 Å². The average molecular weight is 481 g/mol. The Balaban J connectivity index is 1.29. The van der Waals surface area contributed by atoms with Crippen molar-refractivity contribution in [2.75, 3.05) is 5.32 Å². The predicted octanol–water partition coefficient (Wildman–Crippen LogP) is 4.31. The Morgan fingerprint density at radius 2 is 1.94 bits per heavy atom. The fourth-order valence-electron chi connectivity index (χ4n) is 3.12. The summed E-state index contributed by atoms with van der Waals surface area (Å²) in [6.07, 6.45) is 0.557. The summed E-state index contributed by atoms with van der Waals surface area (Å²) in [5, 5.41) is 17.0. The topological polar surface area (TPSA) is 127 Å². The van der Waals surface area contributed by atoms with E-state index in [0.717, 1.165) is 5.56 Å². The normalized spacial score (nSPS) is 13.8. The fraction of sp³-hybridized carbons (Fsp3) is 0.227. The molecule has 2 N–H and O–H groups in total. The van der Waals surface area contributed by atoms with Crippen molar-refractivity contribution >= 4 is 50.1 Å². The SMILES string of the molecule is Cc1noc(C#Cc2nc3sc(C4(C(=O)O)CC4)nc3s2)c1NC(=O)OCc1ccccc1. The van der Waals surface area contributed by atoms with E-state index in [2.05, 4.69) is 32.3 Å². The van der Waals surface area contributed by atoms with Crippen LogP contribution in [0.4, 0.5) is 10.5 Å². The summed E-state index contributed by atoms with van der Waals surface area (Å²) in [6, 6.07) is 9.33. The van der Waals surface area contributed by atoms with E-state index in [0.29, 0.717) is 43.9 Å². The Morgan fingerprint density at radius 3 is 2.64 bits per heavy atom. The minimum atomic E-state index is -0.843. The summed E-state index contributed by atoms with van der Waals surface area (Å²) in [4.78, 5) is 33.9. The van der Waals surface area contributed by atoms with Crippen molar-refractivity contribution in [1.29, 1.82) is 0 Å². The monoisotopic (exact) mass is 480 g/mol. The van der Waals surface area contributed by atoms with Crippen LogP contribution in [0.15, 0.2) is 34.9 Å². The summed E-state index contributed by atoms with van der Waals surface area (Å²) < 4.78 is 10.5. The molecule has 9 nitrogen and oxygen atoms in total. The van der Waals surface area contributed by atoms with Crippen molar-refractivity contribution in [2.24, 2.45) is 0 Å². The molecular weight excluding hydrogens is 464 g/mol. The van der Waals surface area contributed by atoms with Gasteiger partial charge in [-0.2, -0.15) is 0 Å². The molecule has 3 aromatic heterocycles. The highest BCUT2D eigenvalue weighted by molar-refractivity contribution is 7.26. The fourth-order valence-corrected chi connectivity index (χ4v) is 5.25. The molecule has 0 bridgehead atoms. The van der Waals surface area contributed by atoms with Crippen molar-refractivity contribution in [2.45, 2.75) is 31.8 Å². The molecule has 3 heterocycles. The van der Waals surface area contributed by atoms with E-state index in [9.17, 15) is 14.7 Å². The van der Waals surface area contributed by atoms with Crippen LogP contribution in [0.5, 0.6) is 0 Å². The van der Waals surface area contributed by atoms with Crippen LogP contribution in [0.25, 0.3) is 9.66 Å². The minimum Gasteiger partial charge on any atom is -0.481 e. The minimum absolute atomic E-state index is 0.131. The molecule has 33 heavy (non-hydrogen) atoms. The second kappa shape index (κ2) is 8.31. The van der Waals surface area contributed by atoms with Crippen LogP contribution < -0.4 is 5.32 Å². The van der Waals surface area contributed by atoms with Gasteiger partial charge in [0.1, 0.15) is 28.4 Å². The van der Waals surface area contributed by atoms with Gasteiger partial charge in [-0.15, -0.1) is 0 Å². The highest BCUT2D eigenvalue weighted by Gasteiger charge is 2.54. The quantitative estimate of drug-likeness (QED) is 0.405. The molecule has 11 heteroatoms. The number of carboxylic acids is 1. The van der Waals surface area contributed by atoms with Gasteiger partial charge in [-0.1, -0.05) is 58.2 Å². The van der Waals surface area contributed by atoms with E-state index >= 15 is 0 Å². The number of fused-ring (bicyclic) bond motifs is 1. The van der Waals surface area contributed by atoms with Gasteiger partial charge < -0.3 is 14.4 Å². The van der Waals surface area contributed by atoms with Gasteiger partial charge in [0.05, 0.1) is 0 Å². The van der Waals surface area contributed by atoms with Gasteiger partial charge in [-0.25, -0.2) is 14.8 Å². The van der Waals surface area contributed by atoms with Gasteiger partial charge in [0.15, 0.2) is 14.7 Å². The molecule has 1 fully saturated rings. The Bertz CT molecular complexity index is 1390. The van der Waals surface area contributed by atoms with Crippen LogP contribution >= 0.6 is 22.7 Å². The zero-order chi connectivity index (χ0) is 23.0. The van der Waals surface area contributed by atoms with Crippen molar-refractivity contribution in [3.05, 3.63) is 57.4 Å². The number of anilines is 1. The molecule has 5 rings (SSSR count). The maximum atomic E-state index is 12.2. The van der Waals surface area contributed by atoms with Gasteiger partial charge in [0, 0.05) is 0 Å². The van der Waals surface area contributed by atoms with E-state index in [1.807, 2.05) is 30.3 Å². The van der Waals surface area contributed by atoms with Gasteiger partial charge in [0.25, 0.3) is 0 Å². The number of carboxylic acid groups (broad SMARTS) is 1. The molecule has 0 radical (unpaired) electrons. The third kappa shape index (κ3) is 4.18. The van der Waals surface area contributed by atoms with E-state index in [4.69, 9.17) is 9.26 Å². The Hall–Kier alpha value is -3.75. The molecule has 1 aliphatic carbocycles. The number of benzene rings is 1. The number of carbonyl (C=O) groups is 2. The lowest BCUT2D eigenvalue weighted by molar-refractivity contribution is -0.140. The van der Waals surface area contributed by atoms with Crippen LogP contribution in [0, 0.1) is 18.8 Å². The number of aliphatic carboxylic acids is 1. The number of ether oxygens (including phenoxy) is 1. The lowest BCUT2D eigenvalue weighted by Crippen LogP contribution is -2.18. The number of amides is 1. The molecule has 1 aromatic carbocycles. The zero-order valence-electron chi connectivity index (χ0n) is 17.2. The summed E-state index contributed by atoms with van der Waals surface area (Å²) in [7, 11) is 0. The number of nitrogens with one attached hydrogen (secondary N) is 1. The highest BCUT2D eigenvalue weighted by Crippen LogP contribution is 2.50. The number of carbonyl (C=O) groups excluding carboxylic acids is 1. The molecule has 0 saturated heterocycles. The van der Waals surface area contributed by atoms with Crippen LogP contribution in [-0.4, -0.2) is 32.3 Å². The number of hydrogen-bond donors (Lipinski definition) is 2. The lowest BCUT2D eigenvalue weighted by Gasteiger charge is -2.06. The third-order valence-electron chi connectivity index (χ3n) is 5.13. The number of rotatable bonds is 5. The first-order valence-corrected chi connectivity index (χ1v) is 11.6. The molecule has 1 aliphatic rings. The number of hydrogen-bond acceptors (Lipinski definition) is 9. The molecular formula is C22H16N4O5S2. The predicted molar refractivity (Wildman–Crippen MR) is 121 cm³/mol. The molecule has 0 atom stereocenters. The van der Waals surface area contributed by atoms with Gasteiger partial charge in [0.2, 0.25) is 5.76 Å². The van der Waals surface area contributed by atoms with Crippen molar-refractivity contribution in [3.63, 3.8) is 0 Å². The smallest absolute Gasteiger partial charge is 0.412 e. The lowest BCUT2D eigenvalue weighted by atomic mass is 10.1. The van der Waals surface area contributed by atoms with Crippen molar-refractivity contribution in [3.8, 4) is 11.8 Å². The van der Waals surface area contributed by atoms with Crippen LogP contribution in [0.1, 0.15) is 39.9 Å². The molecule has 166 valence electrons.